The first-order valence-electron chi connectivity index (χ1n) is 4.75. The van der Waals surface area contributed by atoms with Gasteiger partial charge in [-0.3, -0.25) is 0 Å². The summed E-state index contributed by atoms with van der Waals surface area (Å²) >= 11 is 0. The molecular formula is C10H12F3NO2S. The lowest BCUT2D eigenvalue weighted by Crippen LogP contribution is -2.26. The molecule has 96 valence electrons. The van der Waals surface area contributed by atoms with Gasteiger partial charge in [-0.05, 0) is 13.0 Å². The van der Waals surface area contributed by atoms with Crippen LogP contribution in [0.1, 0.15) is 25.5 Å². The van der Waals surface area contributed by atoms with E-state index in [1.807, 2.05) is 0 Å². The molecule has 2 N–H and O–H groups in total. The van der Waals surface area contributed by atoms with Crippen LogP contribution in [0, 0.1) is 5.82 Å². The maximum Gasteiger partial charge on any atom is 0.347 e. The zero-order chi connectivity index (χ0) is 13.4. The van der Waals surface area contributed by atoms with Crippen molar-refractivity contribution in [2.75, 3.05) is 0 Å². The molecule has 0 fully saturated rings. The normalized spacial score (nSPS) is 14.7. The van der Waals surface area contributed by atoms with Crippen LogP contribution in [0.4, 0.5) is 13.2 Å². The Kier molecular flexibility index (Phi) is 3.54. The zero-order valence-electron chi connectivity index (χ0n) is 9.25. The first-order chi connectivity index (χ1) is 7.59. The predicted octanol–water partition coefficient (Wildman–Crippen LogP) is 2.23. The van der Waals surface area contributed by atoms with Gasteiger partial charge in [0, 0.05) is 18.5 Å². The molecule has 0 aliphatic heterocycles. The van der Waals surface area contributed by atoms with E-state index in [4.69, 9.17) is 5.73 Å². The maximum absolute atomic E-state index is 13.8. The summed E-state index contributed by atoms with van der Waals surface area (Å²) in [7, 11) is -5.03. The molecule has 0 amide bonds. The highest BCUT2D eigenvalue weighted by Gasteiger charge is 2.42. The number of sulfone groups is 1. The van der Waals surface area contributed by atoms with Crippen LogP contribution >= 0.6 is 0 Å². The van der Waals surface area contributed by atoms with Crippen LogP contribution in [0.15, 0.2) is 23.1 Å². The van der Waals surface area contributed by atoms with E-state index in [0.717, 1.165) is 6.07 Å². The highest BCUT2D eigenvalue weighted by molar-refractivity contribution is 7.92. The monoisotopic (exact) mass is 267 g/mol. The van der Waals surface area contributed by atoms with Crippen molar-refractivity contribution in [1.29, 1.82) is 0 Å². The summed E-state index contributed by atoms with van der Waals surface area (Å²) in [5, 5.41) is -4.04. The highest BCUT2D eigenvalue weighted by atomic mass is 32.2. The number of nitrogens with two attached hydrogens (primary N) is 1. The smallest absolute Gasteiger partial charge is 0.324 e. The summed E-state index contributed by atoms with van der Waals surface area (Å²) < 4.78 is 62.4. The Hall–Kier alpha value is -1.08. The number of benzene rings is 1. The van der Waals surface area contributed by atoms with Crippen LogP contribution in [0.5, 0.6) is 0 Å². The Labute approximate surface area is 97.4 Å². The topological polar surface area (TPSA) is 60.2 Å². The molecule has 0 saturated heterocycles. The summed E-state index contributed by atoms with van der Waals surface area (Å²) in [6.45, 7) is 1.64. The van der Waals surface area contributed by atoms with Gasteiger partial charge in [-0.15, -0.1) is 0 Å². The Balaban J connectivity index is 3.50. The van der Waals surface area contributed by atoms with Crippen molar-refractivity contribution in [3.63, 3.8) is 0 Å². The van der Waals surface area contributed by atoms with Gasteiger partial charge in [0.15, 0.2) is 0 Å². The van der Waals surface area contributed by atoms with Gasteiger partial charge >= 0.3 is 5.25 Å². The summed E-state index contributed by atoms with van der Waals surface area (Å²) in [6.07, 6.45) is 0. The van der Waals surface area contributed by atoms with Crippen LogP contribution < -0.4 is 5.73 Å². The van der Waals surface area contributed by atoms with Crippen molar-refractivity contribution >= 4 is 9.84 Å². The summed E-state index contributed by atoms with van der Waals surface area (Å²) in [6, 6.07) is 2.46. The van der Waals surface area contributed by atoms with Gasteiger partial charge in [-0.25, -0.2) is 12.8 Å². The molecule has 0 saturated carbocycles. The van der Waals surface area contributed by atoms with Crippen molar-refractivity contribution in [2.24, 2.45) is 5.73 Å². The van der Waals surface area contributed by atoms with Gasteiger partial charge in [0.2, 0.25) is 9.84 Å². The Bertz CT molecular complexity index is 521. The molecule has 0 aliphatic carbocycles. The minimum atomic E-state index is -5.03. The first kappa shape index (κ1) is 14.0. The van der Waals surface area contributed by atoms with Gasteiger partial charge in [-0.1, -0.05) is 12.1 Å². The molecule has 0 aromatic heterocycles. The number of halogens is 3. The van der Waals surface area contributed by atoms with Crippen molar-refractivity contribution in [1.82, 2.24) is 0 Å². The summed E-state index contributed by atoms with van der Waals surface area (Å²) in [5.41, 5.74) is 5.30. The van der Waals surface area contributed by atoms with Crippen molar-refractivity contribution < 1.29 is 21.6 Å². The average Bonchev–Trinajstić information content (AvgIpc) is 2.15. The van der Waals surface area contributed by atoms with E-state index >= 15 is 0 Å². The fourth-order valence-electron chi connectivity index (χ4n) is 1.28. The fourth-order valence-corrected chi connectivity index (χ4v) is 2.28. The van der Waals surface area contributed by atoms with E-state index in [2.05, 4.69) is 0 Å². The maximum atomic E-state index is 13.8. The summed E-state index contributed by atoms with van der Waals surface area (Å²) in [4.78, 5) is -1.03. The molecule has 0 aliphatic rings. The quantitative estimate of drug-likeness (QED) is 0.913. The molecular weight excluding hydrogens is 255 g/mol. The molecule has 0 spiro atoms. The van der Waals surface area contributed by atoms with Gasteiger partial charge in [-0.2, -0.15) is 8.78 Å². The molecule has 1 atom stereocenters. The number of alkyl halides is 2. The van der Waals surface area contributed by atoms with Crippen molar-refractivity contribution in [3.05, 3.63) is 29.6 Å². The third-order valence-corrected chi connectivity index (χ3v) is 4.08. The van der Waals surface area contributed by atoms with Crippen LogP contribution in [0.2, 0.25) is 0 Å². The van der Waals surface area contributed by atoms with Crippen LogP contribution in [-0.2, 0) is 9.84 Å². The predicted molar refractivity (Wildman–Crippen MR) is 56.8 cm³/mol. The standard InChI is InChI=1S/C10H12F3NO2S/c1-6(14)7-4-3-5-8(9(7)11)17(15,16)10(2,12)13/h3-6H,14H2,1-2H3/t6-/m1/s1. The van der Waals surface area contributed by atoms with Gasteiger partial charge < -0.3 is 5.73 Å². The molecule has 3 nitrogen and oxygen atoms in total. The van der Waals surface area contributed by atoms with Gasteiger partial charge in [0.1, 0.15) is 10.7 Å². The van der Waals surface area contributed by atoms with Gasteiger partial charge in [0.25, 0.3) is 0 Å². The van der Waals surface area contributed by atoms with Crippen molar-refractivity contribution in [2.45, 2.75) is 30.0 Å². The van der Waals surface area contributed by atoms with Crippen LogP contribution in [-0.4, -0.2) is 13.7 Å². The Morgan fingerprint density at radius 2 is 1.88 bits per heavy atom. The molecule has 17 heavy (non-hydrogen) atoms. The van der Waals surface area contributed by atoms with E-state index in [-0.39, 0.29) is 12.5 Å². The molecule has 0 unspecified atom stereocenters. The minimum Gasteiger partial charge on any atom is -0.324 e. The van der Waals surface area contributed by atoms with E-state index in [9.17, 15) is 21.6 Å². The largest absolute Gasteiger partial charge is 0.347 e. The Morgan fingerprint density at radius 3 is 2.29 bits per heavy atom. The lowest BCUT2D eigenvalue weighted by Gasteiger charge is -2.15. The van der Waals surface area contributed by atoms with Crippen LogP contribution in [0.25, 0.3) is 0 Å². The third kappa shape index (κ3) is 2.44. The molecule has 1 aromatic carbocycles. The average molecular weight is 267 g/mol. The van der Waals surface area contributed by atoms with Gasteiger partial charge in [0.05, 0.1) is 0 Å². The zero-order valence-corrected chi connectivity index (χ0v) is 10.1. The minimum absolute atomic E-state index is 0.115. The number of rotatable bonds is 3. The van der Waals surface area contributed by atoms with E-state index in [1.54, 1.807) is 0 Å². The second-order valence-electron chi connectivity index (χ2n) is 3.76. The first-order valence-corrected chi connectivity index (χ1v) is 6.24. The molecule has 0 heterocycles. The fraction of sp³-hybridized carbons (Fsp3) is 0.400. The SMILES string of the molecule is C[C@@H](N)c1cccc(S(=O)(=O)C(C)(F)F)c1F. The molecule has 7 heteroatoms. The Morgan fingerprint density at radius 1 is 1.35 bits per heavy atom. The molecule has 1 rings (SSSR count). The third-order valence-electron chi connectivity index (χ3n) is 2.25. The number of hydrogen-bond acceptors (Lipinski definition) is 3. The lowest BCUT2D eigenvalue weighted by atomic mass is 10.1. The van der Waals surface area contributed by atoms with E-state index in [0.29, 0.717) is 0 Å². The second-order valence-corrected chi connectivity index (χ2v) is 5.92. The highest BCUT2D eigenvalue weighted by Crippen LogP contribution is 2.31. The van der Waals surface area contributed by atoms with E-state index in [1.165, 1.54) is 19.1 Å². The molecule has 0 radical (unpaired) electrons. The molecule has 1 aromatic rings. The lowest BCUT2D eigenvalue weighted by molar-refractivity contribution is 0.114. The second kappa shape index (κ2) is 4.30. The van der Waals surface area contributed by atoms with Crippen LogP contribution in [0.3, 0.4) is 0 Å². The summed E-state index contributed by atoms with van der Waals surface area (Å²) in [5.74, 6) is -1.22. The van der Waals surface area contributed by atoms with Crippen molar-refractivity contribution in [3.8, 4) is 0 Å². The molecule has 0 bridgehead atoms. The van der Waals surface area contributed by atoms with E-state index < -0.39 is 31.8 Å². The number of hydrogen-bond donors (Lipinski definition) is 1.